The fourth-order valence-electron chi connectivity index (χ4n) is 5.79. The molecular weight excluding hydrogens is 426 g/mol. The van der Waals surface area contributed by atoms with Crippen LogP contribution in [-0.4, -0.2) is 52.0 Å². The summed E-state index contributed by atoms with van der Waals surface area (Å²) in [4.78, 5) is 28.8. The number of aryl methyl sites for hydroxylation is 1. The molecule has 3 atom stereocenters. The van der Waals surface area contributed by atoms with E-state index >= 15 is 0 Å². The molecule has 3 unspecified atom stereocenters. The van der Waals surface area contributed by atoms with E-state index in [4.69, 9.17) is 0 Å². The first kappa shape index (κ1) is 24.4. The summed E-state index contributed by atoms with van der Waals surface area (Å²) < 4.78 is 1.90. The molecule has 1 N–H and O–H groups in total. The largest absolute Gasteiger partial charge is 0.338 e. The monoisotopic (exact) mass is 463 g/mol. The molecule has 1 aliphatic heterocycles. The Hall–Kier alpha value is -2.72. The summed E-state index contributed by atoms with van der Waals surface area (Å²) in [6.07, 6.45) is 7.76. The van der Waals surface area contributed by atoms with Crippen LogP contribution in [0.3, 0.4) is 0 Å². The fraction of sp³-hybridized carbons (Fsp3) is 0.630. The van der Waals surface area contributed by atoms with Crippen LogP contribution in [0, 0.1) is 30.1 Å². The first-order valence-electron chi connectivity index (χ1n) is 12.8. The van der Waals surface area contributed by atoms with Gasteiger partial charge in [-0.05, 0) is 64.6 Å². The van der Waals surface area contributed by atoms with Crippen molar-refractivity contribution in [3.8, 4) is 6.07 Å². The third kappa shape index (κ3) is 5.02. The average Bonchev–Trinajstić information content (AvgIpc) is 3.46. The van der Waals surface area contributed by atoms with E-state index in [-0.39, 0.29) is 35.6 Å². The summed E-state index contributed by atoms with van der Waals surface area (Å²) in [6, 6.07) is 8.07. The highest BCUT2D eigenvalue weighted by molar-refractivity contribution is 5.90. The molecule has 1 amide bonds. The van der Waals surface area contributed by atoms with Gasteiger partial charge in [0.05, 0.1) is 24.1 Å². The van der Waals surface area contributed by atoms with Crippen molar-refractivity contribution < 1.29 is 9.59 Å². The summed E-state index contributed by atoms with van der Waals surface area (Å²) >= 11 is 0. The summed E-state index contributed by atoms with van der Waals surface area (Å²) in [5.41, 5.74) is 2.46. The Morgan fingerprint density at radius 3 is 2.68 bits per heavy atom. The molecule has 0 bridgehead atoms. The molecule has 7 heteroatoms. The molecule has 1 aliphatic carbocycles. The van der Waals surface area contributed by atoms with Crippen molar-refractivity contribution in [1.82, 2.24) is 20.0 Å². The number of nitrogens with zero attached hydrogens (tertiary/aromatic N) is 4. The standard InChI is InChI=1S/C27H37N5O2/c1-18-11-12-25-23(14-18)24(16-28)30-32(25)17-21-10-7-13-31(21)27(34)22(15-26(33)19(2)29-3)20-8-5-4-6-9-20/h11-12,14,19-22,29H,4-10,13,15,17H2,1-3H3. The number of benzene rings is 1. The lowest BCUT2D eigenvalue weighted by Crippen LogP contribution is -2.45. The third-order valence-electron chi connectivity index (χ3n) is 7.93. The third-order valence-corrected chi connectivity index (χ3v) is 7.93. The maximum Gasteiger partial charge on any atom is 0.226 e. The lowest BCUT2D eigenvalue weighted by Gasteiger charge is -2.35. The number of hydrogen-bond donors (Lipinski definition) is 1. The molecular formula is C27H37N5O2. The van der Waals surface area contributed by atoms with Gasteiger partial charge in [0.25, 0.3) is 0 Å². The van der Waals surface area contributed by atoms with Crippen LogP contribution in [0.25, 0.3) is 10.9 Å². The van der Waals surface area contributed by atoms with Gasteiger partial charge >= 0.3 is 0 Å². The van der Waals surface area contributed by atoms with Crippen LogP contribution >= 0.6 is 0 Å². The van der Waals surface area contributed by atoms with Gasteiger partial charge in [-0.25, -0.2) is 0 Å². The lowest BCUT2D eigenvalue weighted by molar-refractivity contribution is -0.141. The van der Waals surface area contributed by atoms with E-state index in [2.05, 4.69) is 16.5 Å². The van der Waals surface area contributed by atoms with Gasteiger partial charge < -0.3 is 10.2 Å². The lowest BCUT2D eigenvalue weighted by atomic mass is 9.76. The Bertz CT molecular complexity index is 1080. The topological polar surface area (TPSA) is 91.0 Å². The highest BCUT2D eigenvalue weighted by Gasteiger charge is 2.39. The molecule has 182 valence electrons. The Kier molecular flexibility index (Phi) is 7.67. The predicted octanol–water partition coefficient (Wildman–Crippen LogP) is 3.97. The number of Topliss-reactive ketones (excluding diaryl/α,β-unsaturated/α-hetero) is 1. The molecule has 2 aromatic rings. The van der Waals surface area contributed by atoms with Gasteiger partial charge in [0.2, 0.25) is 5.91 Å². The summed E-state index contributed by atoms with van der Waals surface area (Å²) in [7, 11) is 1.79. The number of nitrogens with one attached hydrogen (secondary N) is 1. The van der Waals surface area contributed by atoms with Gasteiger partial charge in [-0.3, -0.25) is 14.3 Å². The Balaban J connectivity index is 1.57. The average molecular weight is 464 g/mol. The van der Waals surface area contributed by atoms with Crippen LogP contribution in [0.5, 0.6) is 0 Å². The minimum absolute atomic E-state index is 0.0337. The SMILES string of the molecule is CNC(C)C(=O)CC(C(=O)N1CCCC1Cn1nc(C#N)c2cc(C)ccc21)C1CCCCC1. The van der Waals surface area contributed by atoms with Gasteiger partial charge in [0, 0.05) is 24.3 Å². The molecule has 2 heterocycles. The Morgan fingerprint density at radius 1 is 1.21 bits per heavy atom. The predicted molar refractivity (Wildman–Crippen MR) is 132 cm³/mol. The highest BCUT2D eigenvalue weighted by atomic mass is 16.2. The van der Waals surface area contributed by atoms with E-state index in [9.17, 15) is 14.9 Å². The molecule has 1 saturated carbocycles. The van der Waals surface area contributed by atoms with Crippen molar-refractivity contribution in [2.45, 2.75) is 83.8 Å². The van der Waals surface area contributed by atoms with E-state index in [0.717, 1.165) is 61.5 Å². The molecule has 4 rings (SSSR count). The van der Waals surface area contributed by atoms with Crippen LogP contribution in [-0.2, 0) is 16.1 Å². The zero-order chi connectivity index (χ0) is 24.2. The van der Waals surface area contributed by atoms with E-state index < -0.39 is 0 Å². The van der Waals surface area contributed by atoms with Gasteiger partial charge in [-0.2, -0.15) is 10.4 Å². The Morgan fingerprint density at radius 2 is 1.97 bits per heavy atom. The van der Waals surface area contributed by atoms with Crippen LogP contribution in [0.15, 0.2) is 18.2 Å². The molecule has 7 nitrogen and oxygen atoms in total. The number of ketones is 1. The van der Waals surface area contributed by atoms with E-state index in [0.29, 0.717) is 18.7 Å². The van der Waals surface area contributed by atoms with Gasteiger partial charge in [0.1, 0.15) is 11.9 Å². The zero-order valence-electron chi connectivity index (χ0n) is 20.7. The molecule has 1 aromatic heterocycles. The maximum absolute atomic E-state index is 13.9. The van der Waals surface area contributed by atoms with Crippen LogP contribution in [0.4, 0.5) is 0 Å². The number of amides is 1. The number of nitriles is 1. The van der Waals surface area contributed by atoms with Crippen molar-refractivity contribution >= 4 is 22.6 Å². The molecule has 0 spiro atoms. The van der Waals surface area contributed by atoms with Crippen molar-refractivity contribution in [2.75, 3.05) is 13.6 Å². The quantitative estimate of drug-likeness (QED) is 0.640. The maximum atomic E-state index is 13.9. The number of hydrogen-bond acceptors (Lipinski definition) is 5. The number of carbonyl (C=O) groups is 2. The van der Waals surface area contributed by atoms with E-state index in [1.165, 1.54) is 6.42 Å². The smallest absolute Gasteiger partial charge is 0.226 e. The van der Waals surface area contributed by atoms with E-state index in [1.807, 2.05) is 41.6 Å². The Labute approximate surface area is 202 Å². The summed E-state index contributed by atoms with van der Waals surface area (Å²) in [6.45, 7) is 5.19. The van der Waals surface area contributed by atoms with Crippen molar-refractivity contribution in [3.05, 3.63) is 29.5 Å². The highest BCUT2D eigenvalue weighted by Crippen LogP contribution is 2.35. The van der Waals surface area contributed by atoms with Crippen molar-refractivity contribution in [3.63, 3.8) is 0 Å². The number of carbonyl (C=O) groups excluding carboxylic acids is 2. The van der Waals surface area contributed by atoms with Gasteiger partial charge in [0.15, 0.2) is 5.69 Å². The second kappa shape index (κ2) is 10.7. The number of rotatable bonds is 8. The molecule has 1 aromatic carbocycles. The summed E-state index contributed by atoms with van der Waals surface area (Å²) in [5.74, 6) is 0.304. The van der Waals surface area contributed by atoms with Crippen LogP contribution in [0.2, 0.25) is 0 Å². The fourth-order valence-corrected chi connectivity index (χ4v) is 5.79. The van der Waals surface area contributed by atoms with Crippen LogP contribution < -0.4 is 5.32 Å². The first-order chi connectivity index (χ1) is 16.4. The van der Waals surface area contributed by atoms with Crippen molar-refractivity contribution in [1.29, 1.82) is 5.26 Å². The minimum Gasteiger partial charge on any atom is -0.338 e. The molecule has 1 saturated heterocycles. The van der Waals surface area contributed by atoms with Crippen molar-refractivity contribution in [2.24, 2.45) is 11.8 Å². The second-order valence-electron chi connectivity index (χ2n) is 10.2. The number of likely N-dealkylation sites (tertiary alicyclic amines) is 1. The molecule has 34 heavy (non-hydrogen) atoms. The van der Waals surface area contributed by atoms with Gasteiger partial charge in [-0.15, -0.1) is 0 Å². The number of likely N-dealkylation sites (N-methyl/N-ethyl adjacent to an activating group) is 1. The zero-order valence-corrected chi connectivity index (χ0v) is 20.7. The number of fused-ring (bicyclic) bond motifs is 1. The second-order valence-corrected chi connectivity index (χ2v) is 10.2. The van der Waals surface area contributed by atoms with Crippen LogP contribution in [0.1, 0.15) is 69.5 Å². The molecule has 2 fully saturated rings. The molecule has 2 aliphatic rings. The number of aromatic nitrogens is 2. The molecule has 0 radical (unpaired) electrons. The first-order valence-corrected chi connectivity index (χ1v) is 12.8. The normalized spacial score (nSPS) is 20.9. The van der Waals surface area contributed by atoms with Gasteiger partial charge in [-0.1, -0.05) is 30.9 Å². The minimum atomic E-state index is -0.240. The van der Waals surface area contributed by atoms with E-state index in [1.54, 1.807) is 7.05 Å². The summed E-state index contributed by atoms with van der Waals surface area (Å²) in [5, 5.41) is 18.1.